The van der Waals surface area contributed by atoms with Crippen LogP contribution in [0.25, 0.3) is 0 Å². The Kier molecular flexibility index (Phi) is 6.69. The second-order valence-corrected chi connectivity index (χ2v) is 4.85. The highest BCUT2D eigenvalue weighted by Gasteiger charge is 2.30. The Morgan fingerprint density at radius 2 is 2.11 bits per heavy atom. The van der Waals surface area contributed by atoms with Crippen molar-refractivity contribution in [2.45, 2.75) is 39.2 Å². The van der Waals surface area contributed by atoms with E-state index in [0.717, 1.165) is 23.7 Å². The fourth-order valence-electron chi connectivity index (χ4n) is 1.78. The van der Waals surface area contributed by atoms with Crippen molar-refractivity contribution < 1.29 is 19.1 Å². The normalized spacial score (nSPS) is 18.3. The van der Waals surface area contributed by atoms with E-state index < -0.39 is 12.2 Å². The lowest BCUT2D eigenvalue weighted by Crippen LogP contribution is -2.52. The highest BCUT2D eigenvalue weighted by atomic mass is 79.9. The molecule has 1 atom stereocenters. The van der Waals surface area contributed by atoms with Crippen LogP contribution in [-0.4, -0.2) is 36.5 Å². The van der Waals surface area contributed by atoms with Crippen LogP contribution in [0, 0.1) is 0 Å². The summed E-state index contributed by atoms with van der Waals surface area (Å²) < 4.78 is 10.6. The van der Waals surface area contributed by atoms with E-state index in [-0.39, 0.29) is 19.3 Å². The number of ether oxygens (including phenoxy) is 2. The third kappa shape index (κ3) is 4.74. The molecule has 6 nitrogen and oxygen atoms in total. The van der Waals surface area contributed by atoms with Gasteiger partial charge in [0.25, 0.3) is 0 Å². The summed E-state index contributed by atoms with van der Waals surface area (Å²) in [5.74, 6) is 0. The van der Waals surface area contributed by atoms with Gasteiger partial charge in [0.05, 0.1) is 19.3 Å². The predicted octanol–water partition coefficient (Wildman–Crippen LogP) is 2.94. The lowest BCUT2D eigenvalue weighted by atomic mass is 10.0. The molecule has 0 saturated heterocycles. The molecule has 1 rings (SSSR count). The zero-order valence-electron chi connectivity index (χ0n) is 11.1. The number of rotatable bonds is 3. The number of halogens is 1. The van der Waals surface area contributed by atoms with Crippen LogP contribution in [0.15, 0.2) is 10.6 Å². The van der Waals surface area contributed by atoms with Crippen molar-refractivity contribution in [2.24, 2.45) is 0 Å². The SMILES string of the molecule is CCOC(=O)NN(C(=O)OCC)C1CCCC=C1Br. The Morgan fingerprint density at radius 3 is 2.68 bits per heavy atom. The van der Waals surface area contributed by atoms with Crippen LogP contribution in [0.4, 0.5) is 9.59 Å². The predicted molar refractivity (Wildman–Crippen MR) is 73.7 cm³/mol. The van der Waals surface area contributed by atoms with Crippen LogP contribution >= 0.6 is 15.9 Å². The van der Waals surface area contributed by atoms with Gasteiger partial charge in [0.15, 0.2) is 0 Å². The van der Waals surface area contributed by atoms with Crippen LogP contribution in [0.2, 0.25) is 0 Å². The first-order valence-electron chi connectivity index (χ1n) is 6.35. The summed E-state index contributed by atoms with van der Waals surface area (Å²) in [6, 6.07) is -0.253. The van der Waals surface area contributed by atoms with Crippen LogP contribution in [0.1, 0.15) is 33.1 Å². The smallest absolute Gasteiger partial charge is 0.429 e. The van der Waals surface area contributed by atoms with Crippen LogP contribution < -0.4 is 5.43 Å². The highest BCUT2D eigenvalue weighted by Crippen LogP contribution is 2.27. The summed E-state index contributed by atoms with van der Waals surface area (Å²) in [6.07, 6.45) is 3.39. The third-order valence-corrected chi connectivity index (χ3v) is 3.45. The number of carbonyl (C=O) groups excluding carboxylic acids is 2. The number of nitrogens with one attached hydrogen (secondary N) is 1. The average Bonchev–Trinajstić information content (AvgIpc) is 2.37. The van der Waals surface area contributed by atoms with Crippen molar-refractivity contribution in [1.29, 1.82) is 0 Å². The van der Waals surface area contributed by atoms with Gasteiger partial charge < -0.3 is 9.47 Å². The second kappa shape index (κ2) is 8.04. The van der Waals surface area contributed by atoms with E-state index in [4.69, 9.17) is 9.47 Å². The third-order valence-electron chi connectivity index (χ3n) is 2.60. The quantitative estimate of drug-likeness (QED) is 0.805. The number of carbonyl (C=O) groups is 2. The first-order chi connectivity index (χ1) is 9.10. The monoisotopic (exact) mass is 334 g/mol. The molecule has 0 heterocycles. The molecule has 1 aliphatic carbocycles. The van der Waals surface area contributed by atoms with E-state index in [1.165, 1.54) is 5.01 Å². The summed E-state index contributed by atoms with van der Waals surface area (Å²) in [4.78, 5) is 23.4. The minimum atomic E-state index is -0.665. The number of hydrazine groups is 1. The minimum Gasteiger partial charge on any atom is -0.449 e. The van der Waals surface area contributed by atoms with E-state index in [9.17, 15) is 9.59 Å². The van der Waals surface area contributed by atoms with Gasteiger partial charge >= 0.3 is 12.2 Å². The van der Waals surface area contributed by atoms with Crippen molar-refractivity contribution in [3.63, 3.8) is 0 Å². The molecule has 0 aromatic carbocycles. The van der Waals surface area contributed by atoms with Crippen molar-refractivity contribution >= 4 is 28.1 Å². The molecule has 19 heavy (non-hydrogen) atoms. The molecule has 0 aromatic rings. The molecule has 0 bridgehead atoms. The van der Waals surface area contributed by atoms with Gasteiger partial charge in [0, 0.05) is 4.48 Å². The van der Waals surface area contributed by atoms with Crippen molar-refractivity contribution in [3.05, 3.63) is 10.6 Å². The molecule has 0 radical (unpaired) electrons. The average molecular weight is 335 g/mol. The molecule has 1 aliphatic rings. The van der Waals surface area contributed by atoms with Gasteiger partial charge in [-0.05, 0) is 33.1 Å². The fourth-order valence-corrected chi connectivity index (χ4v) is 2.45. The Labute approximate surface area is 121 Å². The number of allylic oxidation sites excluding steroid dienone is 1. The second-order valence-electron chi connectivity index (χ2n) is 3.94. The topological polar surface area (TPSA) is 67.9 Å². The van der Waals surface area contributed by atoms with Crippen molar-refractivity contribution in [1.82, 2.24) is 10.4 Å². The summed E-state index contributed by atoms with van der Waals surface area (Å²) >= 11 is 3.42. The minimum absolute atomic E-state index is 0.240. The van der Waals surface area contributed by atoms with Gasteiger partial charge in [-0.1, -0.05) is 22.0 Å². The molecular weight excluding hydrogens is 316 g/mol. The summed E-state index contributed by atoms with van der Waals surface area (Å²) in [6.45, 7) is 3.90. The molecule has 0 spiro atoms. The summed E-state index contributed by atoms with van der Waals surface area (Å²) in [5.41, 5.74) is 2.43. The van der Waals surface area contributed by atoms with Crippen LogP contribution in [0.5, 0.6) is 0 Å². The van der Waals surface area contributed by atoms with Gasteiger partial charge in [0.1, 0.15) is 0 Å². The molecule has 1 N–H and O–H groups in total. The maximum atomic E-state index is 11.9. The Balaban J connectivity index is 2.79. The van der Waals surface area contributed by atoms with Gasteiger partial charge in [-0.3, -0.25) is 0 Å². The van der Waals surface area contributed by atoms with Gasteiger partial charge in [-0.15, -0.1) is 0 Å². The Hall–Kier alpha value is -1.24. The van der Waals surface area contributed by atoms with Crippen LogP contribution in [0.3, 0.4) is 0 Å². The molecular formula is C12H19BrN2O4. The maximum absolute atomic E-state index is 11.9. The Morgan fingerprint density at radius 1 is 1.42 bits per heavy atom. The summed E-state index contributed by atoms with van der Waals surface area (Å²) in [7, 11) is 0. The standard InChI is InChI=1S/C12H19BrN2O4/c1-3-18-11(16)14-15(12(17)19-4-2)10-8-6-5-7-9(10)13/h7,10H,3-6,8H2,1-2H3,(H,14,16). The van der Waals surface area contributed by atoms with Crippen molar-refractivity contribution in [2.75, 3.05) is 13.2 Å². The van der Waals surface area contributed by atoms with E-state index >= 15 is 0 Å². The number of amides is 2. The van der Waals surface area contributed by atoms with Crippen LogP contribution in [-0.2, 0) is 9.47 Å². The first-order valence-corrected chi connectivity index (χ1v) is 7.14. The molecule has 0 fully saturated rings. The molecule has 108 valence electrons. The number of nitrogens with zero attached hydrogens (tertiary/aromatic N) is 1. The largest absolute Gasteiger partial charge is 0.449 e. The molecule has 7 heteroatoms. The summed E-state index contributed by atoms with van der Waals surface area (Å²) in [5, 5.41) is 1.18. The number of hydrogen-bond donors (Lipinski definition) is 1. The van der Waals surface area contributed by atoms with Crippen molar-refractivity contribution in [3.8, 4) is 0 Å². The van der Waals surface area contributed by atoms with E-state index in [0.29, 0.717) is 0 Å². The number of hydrogen-bond acceptors (Lipinski definition) is 4. The molecule has 2 amide bonds. The van der Waals surface area contributed by atoms with Gasteiger partial charge in [-0.25, -0.2) is 20.0 Å². The van der Waals surface area contributed by atoms with E-state index in [1.807, 2.05) is 6.08 Å². The molecule has 1 unspecified atom stereocenters. The maximum Gasteiger partial charge on any atom is 0.429 e. The Bertz CT molecular complexity index is 360. The molecule has 0 aliphatic heterocycles. The van der Waals surface area contributed by atoms with Gasteiger partial charge in [0.2, 0.25) is 0 Å². The lowest BCUT2D eigenvalue weighted by molar-refractivity contribution is 0.0603. The zero-order chi connectivity index (χ0) is 14.3. The van der Waals surface area contributed by atoms with Gasteiger partial charge in [-0.2, -0.15) is 0 Å². The fraction of sp³-hybridized carbons (Fsp3) is 0.667. The molecule has 0 aromatic heterocycles. The highest BCUT2D eigenvalue weighted by molar-refractivity contribution is 9.11. The lowest BCUT2D eigenvalue weighted by Gasteiger charge is -2.32. The zero-order valence-corrected chi connectivity index (χ0v) is 12.7. The van der Waals surface area contributed by atoms with E-state index in [1.54, 1.807) is 13.8 Å². The molecule has 0 saturated carbocycles. The van der Waals surface area contributed by atoms with E-state index in [2.05, 4.69) is 21.4 Å². The first kappa shape index (κ1) is 15.8.